The molecule has 0 aliphatic carbocycles. The van der Waals surface area contributed by atoms with E-state index in [9.17, 15) is 9.59 Å². The molecule has 0 fully saturated rings. The Morgan fingerprint density at radius 2 is 2.07 bits per heavy atom. The second kappa shape index (κ2) is 6.77. The predicted octanol–water partition coefficient (Wildman–Crippen LogP) is 2.84. The van der Waals surface area contributed by atoms with Gasteiger partial charge in [0.1, 0.15) is 5.39 Å². The van der Waals surface area contributed by atoms with E-state index in [0.717, 1.165) is 11.3 Å². The number of amides is 1. The maximum Gasteiger partial charge on any atom is 0.265 e. The predicted molar refractivity (Wildman–Crippen MR) is 110 cm³/mol. The van der Waals surface area contributed by atoms with Gasteiger partial charge < -0.3 is 5.32 Å². The Hall–Kier alpha value is -2.61. The van der Waals surface area contributed by atoms with Gasteiger partial charge in [0.15, 0.2) is 10.8 Å². The lowest BCUT2D eigenvalue weighted by Gasteiger charge is -2.22. The van der Waals surface area contributed by atoms with Crippen molar-refractivity contribution in [2.75, 3.05) is 5.75 Å². The Kier molecular flexibility index (Phi) is 4.53. The third kappa shape index (κ3) is 3.32. The molecule has 1 aliphatic heterocycles. The number of nitrogens with one attached hydrogen (secondary N) is 1. The van der Waals surface area contributed by atoms with E-state index in [0.29, 0.717) is 21.9 Å². The van der Waals surface area contributed by atoms with Crippen LogP contribution in [0.5, 0.6) is 0 Å². The molecule has 28 heavy (non-hydrogen) atoms. The highest BCUT2D eigenvalue weighted by Gasteiger charge is 2.30. The van der Waals surface area contributed by atoms with Gasteiger partial charge in [0, 0.05) is 17.7 Å². The molecule has 8 heteroatoms. The van der Waals surface area contributed by atoms with Gasteiger partial charge in [-0.05, 0) is 39.3 Å². The minimum absolute atomic E-state index is 0.0615. The van der Waals surface area contributed by atoms with Gasteiger partial charge >= 0.3 is 0 Å². The van der Waals surface area contributed by atoms with Crippen LogP contribution in [0.4, 0.5) is 0 Å². The van der Waals surface area contributed by atoms with Crippen molar-refractivity contribution >= 4 is 28.7 Å². The van der Waals surface area contributed by atoms with Crippen molar-refractivity contribution in [3.63, 3.8) is 0 Å². The Bertz CT molecular complexity index is 1130. The molecule has 0 saturated carbocycles. The summed E-state index contributed by atoms with van der Waals surface area (Å²) in [6, 6.07) is 7.67. The number of thioether (sulfide) groups is 1. The summed E-state index contributed by atoms with van der Waals surface area (Å²) in [4.78, 5) is 30.2. The number of para-hydroxylation sites is 1. The van der Waals surface area contributed by atoms with Crippen LogP contribution < -0.4 is 10.9 Å². The summed E-state index contributed by atoms with van der Waals surface area (Å²) in [7, 11) is 0. The molecule has 2 aromatic heterocycles. The average molecular weight is 398 g/mol. The Morgan fingerprint density at radius 3 is 2.79 bits per heavy atom. The number of rotatable bonds is 3. The maximum absolute atomic E-state index is 13.2. The number of carbonyl (C=O) groups excluding carboxylic acids is 1. The van der Waals surface area contributed by atoms with E-state index in [1.165, 1.54) is 11.8 Å². The SMILES string of the molecule is Cc1ccccc1-n1ncc2c(=O)n3c(nc21)SCC3CC(=O)NC(C)(C)C. The van der Waals surface area contributed by atoms with Crippen LogP contribution in [0.2, 0.25) is 0 Å². The summed E-state index contributed by atoms with van der Waals surface area (Å²) >= 11 is 1.51. The zero-order valence-corrected chi connectivity index (χ0v) is 17.2. The molecule has 1 atom stereocenters. The fraction of sp³-hybridized carbons (Fsp3) is 0.400. The maximum atomic E-state index is 13.2. The van der Waals surface area contributed by atoms with Crippen molar-refractivity contribution in [3.05, 3.63) is 46.4 Å². The standard InChI is InChI=1S/C20H23N5O2S/c1-12-7-5-6-8-15(12)25-17-14(10-21-25)18(27)24-13(11-28-19(24)22-17)9-16(26)23-20(2,3)4/h5-8,10,13H,9,11H2,1-4H3,(H,23,26). The van der Waals surface area contributed by atoms with Gasteiger partial charge in [-0.2, -0.15) is 5.10 Å². The molecule has 4 rings (SSSR count). The highest BCUT2D eigenvalue weighted by molar-refractivity contribution is 7.99. The number of hydrogen-bond acceptors (Lipinski definition) is 5. The first kappa shape index (κ1) is 18.7. The second-order valence-corrected chi connectivity index (χ2v) is 9.10. The van der Waals surface area contributed by atoms with Crippen LogP contribution >= 0.6 is 11.8 Å². The third-order valence-electron chi connectivity index (χ3n) is 4.65. The lowest BCUT2D eigenvalue weighted by Crippen LogP contribution is -2.42. The fourth-order valence-corrected chi connectivity index (χ4v) is 4.57. The van der Waals surface area contributed by atoms with Crippen molar-refractivity contribution in [2.24, 2.45) is 0 Å². The average Bonchev–Trinajstić information content (AvgIpc) is 3.19. The summed E-state index contributed by atoms with van der Waals surface area (Å²) in [6.07, 6.45) is 1.83. The van der Waals surface area contributed by atoms with Gasteiger partial charge in [-0.3, -0.25) is 14.2 Å². The van der Waals surface area contributed by atoms with E-state index in [-0.39, 0.29) is 29.5 Å². The minimum Gasteiger partial charge on any atom is -0.351 e. The molecule has 3 aromatic rings. The van der Waals surface area contributed by atoms with E-state index < -0.39 is 0 Å². The Labute approximate surface area is 167 Å². The molecular weight excluding hydrogens is 374 g/mol. The van der Waals surface area contributed by atoms with Crippen molar-refractivity contribution in [2.45, 2.75) is 50.9 Å². The second-order valence-electron chi connectivity index (χ2n) is 8.12. The summed E-state index contributed by atoms with van der Waals surface area (Å²) in [6.45, 7) is 7.83. The molecule has 3 heterocycles. The molecule has 1 aromatic carbocycles. The van der Waals surface area contributed by atoms with Crippen LogP contribution in [-0.2, 0) is 4.79 Å². The monoisotopic (exact) mass is 397 g/mol. The molecule has 1 aliphatic rings. The van der Waals surface area contributed by atoms with Crippen molar-refractivity contribution < 1.29 is 4.79 Å². The van der Waals surface area contributed by atoms with Crippen LogP contribution in [0, 0.1) is 6.92 Å². The zero-order valence-electron chi connectivity index (χ0n) is 16.4. The van der Waals surface area contributed by atoms with Gasteiger partial charge in [0.2, 0.25) is 5.91 Å². The molecule has 7 nitrogen and oxygen atoms in total. The van der Waals surface area contributed by atoms with E-state index >= 15 is 0 Å². The van der Waals surface area contributed by atoms with Crippen molar-refractivity contribution in [1.29, 1.82) is 0 Å². The van der Waals surface area contributed by atoms with Gasteiger partial charge in [0.25, 0.3) is 5.56 Å². The van der Waals surface area contributed by atoms with E-state index in [1.54, 1.807) is 15.4 Å². The molecule has 1 amide bonds. The van der Waals surface area contributed by atoms with Crippen LogP contribution in [0.1, 0.15) is 38.8 Å². The van der Waals surface area contributed by atoms with E-state index in [2.05, 4.69) is 10.4 Å². The number of aryl methyl sites for hydroxylation is 1. The molecule has 0 saturated heterocycles. The first-order valence-corrected chi connectivity index (χ1v) is 10.2. The third-order valence-corrected chi connectivity index (χ3v) is 5.75. The summed E-state index contributed by atoms with van der Waals surface area (Å²) < 4.78 is 3.37. The van der Waals surface area contributed by atoms with Crippen LogP contribution in [0.15, 0.2) is 40.4 Å². The number of hydrogen-bond donors (Lipinski definition) is 1. The fourth-order valence-electron chi connectivity index (χ4n) is 3.44. The number of aromatic nitrogens is 4. The van der Waals surface area contributed by atoms with Gasteiger partial charge in [-0.15, -0.1) is 0 Å². The lowest BCUT2D eigenvalue weighted by molar-refractivity contribution is -0.123. The Balaban J connectivity index is 1.74. The quantitative estimate of drug-likeness (QED) is 0.687. The molecule has 0 spiro atoms. The highest BCUT2D eigenvalue weighted by Crippen LogP contribution is 2.33. The minimum atomic E-state index is -0.298. The smallest absolute Gasteiger partial charge is 0.265 e. The topological polar surface area (TPSA) is 81.8 Å². The van der Waals surface area contributed by atoms with E-state index in [4.69, 9.17) is 4.98 Å². The van der Waals surface area contributed by atoms with Gasteiger partial charge in [0.05, 0.1) is 17.9 Å². The summed E-state index contributed by atoms with van der Waals surface area (Å²) in [5, 5.41) is 8.49. The van der Waals surface area contributed by atoms with Gasteiger partial charge in [-0.1, -0.05) is 30.0 Å². The molecule has 0 radical (unpaired) electrons. The number of fused-ring (bicyclic) bond motifs is 2. The van der Waals surface area contributed by atoms with Crippen molar-refractivity contribution in [3.8, 4) is 5.69 Å². The molecule has 146 valence electrons. The van der Waals surface area contributed by atoms with Gasteiger partial charge in [-0.25, -0.2) is 9.67 Å². The zero-order chi connectivity index (χ0) is 20.1. The number of benzene rings is 1. The van der Waals surface area contributed by atoms with E-state index in [1.807, 2.05) is 52.0 Å². The molecule has 1 N–H and O–H groups in total. The lowest BCUT2D eigenvalue weighted by atomic mass is 10.1. The van der Waals surface area contributed by atoms with Crippen LogP contribution in [0.3, 0.4) is 0 Å². The molecular formula is C20H23N5O2S. The molecule has 0 bridgehead atoms. The van der Waals surface area contributed by atoms with Crippen LogP contribution in [-0.4, -0.2) is 36.5 Å². The van der Waals surface area contributed by atoms with Crippen LogP contribution in [0.25, 0.3) is 16.7 Å². The number of nitrogens with zero attached hydrogens (tertiary/aromatic N) is 4. The first-order chi connectivity index (χ1) is 13.2. The number of carbonyl (C=O) groups is 1. The molecule has 1 unspecified atom stereocenters. The largest absolute Gasteiger partial charge is 0.351 e. The first-order valence-electron chi connectivity index (χ1n) is 9.25. The summed E-state index contributed by atoms with van der Waals surface area (Å²) in [5.41, 5.74) is 2.07. The highest BCUT2D eigenvalue weighted by atomic mass is 32.2. The van der Waals surface area contributed by atoms with Crippen molar-refractivity contribution in [1.82, 2.24) is 24.6 Å². The Morgan fingerprint density at radius 1 is 1.32 bits per heavy atom. The normalized spacial score (nSPS) is 16.4. The summed E-state index contributed by atoms with van der Waals surface area (Å²) in [5.74, 6) is 0.595.